The molecule has 0 atom stereocenters. The highest BCUT2D eigenvalue weighted by Crippen LogP contribution is 2.25. The molecule has 0 N–H and O–H groups in total. The van der Waals surface area contributed by atoms with Gasteiger partial charge in [-0.05, 0) is 18.6 Å². The summed E-state index contributed by atoms with van der Waals surface area (Å²) < 4.78 is 29.7. The molecule has 1 aromatic rings. The van der Waals surface area contributed by atoms with Crippen LogP contribution in [-0.4, -0.2) is 12.0 Å². The van der Waals surface area contributed by atoms with Crippen molar-refractivity contribution in [2.45, 2.75) is 13.0 Å². The van der Waals surface area contributed by atoms with Crippen LogP contribution < -0.4 is 4.74 Å². The van der Waals surface area contributed by atoms with Crippen molar-refractivity contribution < 1.29 is 13.5 Å². The number of halogens is 3. The van der Waals surface area contributed by atoms with E-state index in [4.69, 9.17) is 11.6 Å². The van der Waals surface area contributed by atoms with Crippen LogP contribution in [-0.2, 0) is 0 Å². The molecule has 72 valence electrons. The lowest BCUT2D eigenvalue weighted by molar-refractivity contribution is -0.155. The molecule has 0 saturated carbocycles. The van der Waals surface area contributed by atoms with Gasteiger partial charge in [-0.2, -0.15) is 8.78 Å². The van der Waals surface area contributed by atoms with Crippen molar-refractivity contribution in [3.8, 4) is 5.75 Å². The lowest BCUT2D eigenvalue weighted by atomic mass is 10.2. The molecule has 0 bridgehead atoms. The summed E-state index contributed by atoms with van der Waals surface area (Å²) in [5, 5.41) is 0. The standard InChI is InChI=1S/C9H9ClF2O/c1-7-4-2-3-5-8(7)13-9(11,12)6-10/h2-5H,6H2,1H3. The van der Waals surface area contributed by atoms with Crippen LogP contribution in [0.25, 0.3) is 0 Å². The van der Waals surface area contributed by atoms with Crippen LogP contribution >= 0.6 is 11.6 Å². The summed E-state index contributed by atoms with van der Waals surface area (Å²) >= 11 is 5.02. The predicted molar refractivity (Wildman–Crippen MR) is 47.5 cm³/mol. The topological polar surface area (TPSA) is 9.23 Å². The minimum absolute atomic E-state index is 0.160. The monoisotopic (exact) mass is 206 g/mol. The molecule has 0 aliphatic heterocycles. The van der Waals surface area contributed by atoms with Crippen molar-refractivity contribution in [3.05, 3.63) is 29.8 Å². The Morgan fingerprint density at radius 2 is 2.00 bits per heavy atom. The molecular weight excluding hydrogens is 198 g/mol. The molecule has 0 saturated heterocycles. The second-order valence-corrected chi connectivity index (χ2v) is 2.91. The first-order valence-electron chi connectivity index (χ1n) is 3.73. The molecule has 0 aromatic heterocycles. The van der Waals surface area contributed by atoms with E-state index in [-0.39, 0.29) is 5.75 Å². The third-order valence-corrected chi connectivity index (χ3v) is 1.82. The van der Waals surface area contributed by atoms with E-state index in [0.717, 1.165) is 0 Å². The molecule has 4 heteroatoms. The first kappa shape index (κ1) is 10.3. The Labute approximate surface area is 80.3 Å². The van der Waals surface area contributed by atoms with Crippen LogP contribution in [0.4, 0.5) is 8.78 Å². The van der Waals surface area contributed by atoms with Gasteiger partial charge in [0.15, 0.2) is 0 Å². The van der Waals surface area contributed by atoms with Gasteiger partial charge in [0, 0.05) is 0 Å². The van der Waals surface area contributed by atoms with E-state index in [0.29, 0.717) is 5.56 Å². The Kier molecular flexibility index (Phi) is 3.09. The summed E-state index contributed by atoms with van der Waals surface area (Å²) in [6.45, 7) is 1.69. The van der Waals surface area contributed by atoms with E-state index in [1.165, 1.54) is 6.07 Å². The van der Waals surface area contributed by atoms with Crippen molar-refractivity contribution >= 4 is 11.6 Å². The first-order valence-corrected chi connectivity index (χ1v) is 4.27. The fourth-order valence-electron chi connectivity index (χ4n) is 0.859. The number of benzene rings is 1. The fourth-order valence-corrected chi connectivity index (χ4v) is 0.914. The highest BCUT2D eigenvalue weighted by Gasteiger charge is 2.30. The number of ether oxygens (including phenoxy) is 1. The minimum atomic E-state index is -3.30. The van der Waals surface area contributed by atoms with Crippen LogP contribution in [0.3, 0.4) is 0 Å². The second-order valence-electron chi connectivity index (χ2n) is 2.64. The summed E-state index contributed by atoms with van der Waals surface area (Å²) in [4.78, 5) is 0. The van der Waals surface area contributed by atoms with Crippen LogP contribution in [0.5, 0.6) is 5.75 Å². The lowest BCUT2D eigenvalue weighted by Crippen LogP contribution is -2.26. The van der Waals surface area contributed by atoms with Gasteiger partial charge < -0.3 is 4.74 Å². The average Bonchev–Trinajstić information content (AvgIpc) is 2.09. The highest BCUT2D eigenvalue weighted by molar-refractivity contribution is 6.18. The first-order chi connectivity index (χ1) is 6.05. The van der Waals surface area contributed by atoms with Crippen LogP contribution in [0, 0.1) is 6.92 Å². The van der Waals surface area contributed by atoms with Gasteiger partial charge in [0.2, 0.25) is 0 Å². The molecule has 0 spiro atoms. The maximum Gasteiger partial charge on any atom is 0.411 e. The smallest absolute Gasteiger partial charge is 0.411 e. The van der Waals surface area contributed by atoms with Gasteiger partial charge in [-0.1, -0.05) is 18.2 Å². The zero-order valence-electron chi connectivity index (χ0n) is 7.06. The number of hydrogen-bond acceptors (Lipinski definition) is 1. The Hall–Kier alpha value is -0.830. The largest absolute Gasteiger partial charge is 0.431 e. The highest BCUT2D eigenvalue weighted by atomic mass is 35.5. The van der Waals surface area contributed by atoms with Gasteiger partial charge in [-0.15, -0.1) is 11.6 Å². The van der Waals surface area contributed by atoms with Gasteiger partial charge in [0.05, 0.1) is 0 Å². The van der Waals surface area contributed by atoms with Crippen molar-refractivity contribution in [2.75, 3.05) is 5.88 Å². The molecule has 0 amide bonds. The van der Waals surface area contributed by atoms with Gasteiger partial charge in [0.25, 0.3) is 0 Å². The van der Waals surface area contributed by atoms with E-state index < -0.39 is 12.0 Å². The van der Waals surface area contributed by atoms with Crippen molar-refractivity contribution in [1.29, 1.82) is 0 Å². The molecule has 1 aromatic carbocycles. The Morgan fingerprint density at radius 3 is 2.54 bits per heavy atom. The van der Waals surface area contributed by atoms with E-state index in [9.17, 15) is 8.78 Å². The quantitative estimate of drug-likeness (QED) is 0.690. The van der Waals surface area contributed by atoms with E-state index >= 15 is 0 Å². The van der Waals surface area contributed by atoms with Gasteiger partial charge in [-0.25, -0.2) is 0 Å². The van der Waals surface area contributed by atoms with Crippen molar-refractivity contribution in [3.63, 3.8) is 0 Å². The van der Waals surface area contributed by atoms with Crippen LogP contribution in [0.1, 0.15) is 5.56 Å². The Morgan fingerprint density at radius 1 is 1.38 bits per heavy atom. The predicted octanol–water partition coefficient (Wildman–Crippen LogP) is 3.21. The Bertz CT molecular complexity index is 289. The molecule has 0 unspecified atom stereocenters. The average molecular weight is 207 g/mol. The van der Waals surface area contributed by atoms with Gasteiger partial charge >= 0.3 is 6.11 Å². The zero-order valence-corrected chi connectivity index (χ0v) is 7.81. The molecule has 0 aliphatic carbocycles. The number of alkyl halides is 3. The fraction of sp³-hybridized carbons (Fsp3) is 0.333. The molecule has 0 fully saturated rings. The van der Waals surface area contributed by atoms with Crippen LogP contribution in [0.2, 0.25) is 0 Å². The SMILES string of the molecule is Cc1ccccc1OC(F)(F)CCl. The molecule has 0 heterocycles. The zero-order chi connectivity index (χ0) is 9.90. The molecule has 13 heavy (non-hydrogen) atoms. The summed E-state index contributed by atoms with van der Waals surface area (Å²) in [5.41, 5.74) is 0.660. The van der Waals surface area contributed by atoms with E-state index in [1.54, 1.807) is 25.1 Å². The minimum Gasteiger partial charge on any atom is -0.431 e. The molecule has 1 nitrogen and oxygen atoms in total. The van der Waals surface area contributed by atoms with Crippen molar-refractivity contribution in [2.24, 2.45) is 0 Å². The maximum atomic E-state index is 12.7. The number of aryl methyl sites for hydroxylation is 1. The normalized spacial score (nSPS) is 11.4. The third kappa shape index (κ3) is 2.84. The van der Waals surface area contributed by atoms with E-state index in [1.807, 2.05) is 0 Å². The van der Waals surface area contributed by atoms with E-state index in [2.05, 4.69) is 4.74 Å². The molecule has 0 aliphatic rings. The number of para-hydroxylation sites is 1. The van der Waals surface area contributed by atoms with Gasteiger partial charge in [0.1, 0.15) is 11.6 Å². The molecule has 0 radical (unpaired) electrons. The third-order valence-electron chi connectivity index (χ3n) is 1.51. The lowest BCUT2D eigenvalue weighted by Gasteiger charge is -2.16. The summed E-state index contributed by atoms with van der Waals surface area (Å²) in [5.74, 6) is -0.686. The Balaban J connectivity index is 2.80. The van der Waals surface area contributed by atoms with Crippen LogP contribution in [0.15, 0.2) is 24.3 Å². The molecule has 1 rings (SSSR count). The number of rotatable bonds is 3. The summed E-state index contributed by atoms with van der Waals surface area (Å²) in [6, 6.07) is 6.56. The van der Waals surface area contributed by atoms with Crippen molar-refractivity contribution in [1.82, 2.24) is 0 Å². The second kappa shape index (κ2) is 3.92. The summed E-state index contributed by atoms with van der Waals surface area (Å²) in [6.07, 6.45) is -3.30. The number of hydrogen-bond donors (Lipinski definition) is 0. The van der Waals surface area contributed by atoms with Gasteiger partial charge in [-0.3, -0.25) is 0 Å². The maximum absolute atomic E-state index is 12.7. The summed E-state index contributed by atoms with van der Waals surface area (Å²) in [7, 11) is 0. The molecular formula is C9H9ClF2O.